The van der Waals surface area contributed by atoms with Crippen molar-refractivity contribution in [2.45, 2.75) is 18.9 Å². The summed E-state index contributed by atoms with van der Waals surface area (Å²) in [6.45, 7) is 1.61. The number of hydrogen-bond acceptors (Lipinski definition) is 3. The molecule has 0 amide bonds. The summed E-state index contributed by atoms with van der Waals surface area (Å²) in [5.74, 6) is -0.427. The summed E-state index contributed by atoms with van der Waals surface area (Å²) in [4.78, 5) is 0. The Morgan fingerprint density at radius 3 is 2.64 bits per heavy atom. The highest BCUT2D eigenvalue weighted by molar-refractivity contribution is 5.42. The zero-order valence-corrected chi connectivity index (χ0v) is 8.13. The molecule has 0 aliphatic rings. The fraction of sp³-hybridized carbons (Fsp3) is 0.400. The molecule has 1 aromatic rings. The molecule has 0 aliphatic heterocycles. The first-order valence-corrected chi connectivity index (χ1v) is 4.42. The molecule has 1 atom stereocenters. The van der Waals surface area contributed by atoms with Gasteiger partial charge < -0.3 is 16.6 Å². The van der Waals surface area contributed by atoms with Gasteiger partial charge in [0.2, 0.25) is 0 Å². The third kappa shape index (κ3) is 2.21. The fourth-order valence-electron chi connectivity index (χ4n) is 1.36. The molecule has 0 heterocycles. The van der Waals surface area contributed by atoms with Gasteiger partial charge in [-0.2, -0.15) is 0 Å². The van der Waals surface area contributed by atoms with Crippen molar-refractivity contribution >= 4 is 5.69 Å². The van der Waals surface area contributed by atoms with Gasteiger partial charge >= 0.3 is 0 Å². The molecule has 1 rings (SSSR count). The van der Waals surface area contributed by atoms with Crippen LogP contribution in [-0.2, 0) is 5.54 Å². The first kappa shape index (κ1) is 10.9. The van der Waals surface area contributed by atoms with Gasteiger partial charge in [-0.05, 0) is 25.5 Å². The number of nitrogen functional groups attached to an aromatic ring is 1. The van der Waals surface area contributed by atoms with Crippen LogP contribution in [0.5, 0.6) is 0 Å². The van der Waals surface area contributed by atoms with Crippen molar-refractivity contribution in [1.82, 2.24) is 0 Å². The topological polar surface area (TPSA) is 72.3 Å². The van der Waals surface area contributed by atoms with E-state index >= 15 is 0 Å². The van der Waals surface area contributed by atoms with E-state index in [1.807, 2.05) is 0 Å². The third-order valence-electron chi connectivity index (χ3n) is 2.24. The van der Waals surface area contributed by atoms with Crippen LogP contribution in [0.4, 0.5) is 10.1 Å². The Kier molecular flexibility index (Phi) is 3.08. The summed E-state index contributed by atoms with van der Waals surface area (Å²) < 4.78 is 13.4. The zero-order chi connectivity index (χ0) is 10.8. The standard InChI is InChI=1S/C10H15FN2O/c1-10(13,4-5-14)8-3-2-7(12)6-9(8)11/h2-3,6,14H,4-5,12-13H2,1H3/t10-/m1/s1. The molecule has 0 spiro atoms. The van der Waals surface area contributed by atoms with E-state index in [1.54, 1.807) is 19.1 Å². The van der Waals surface area contributed by atoms with E-state index in [4.69, 9.17) is 16.6 Å². The molecule has 5 N–H and O–H groups in total. The molecule has 0 radical (unpaired) electrons. The molecular formula is C10H15FN2O. The van der Waals surface area contributed by atoms with Crippen LogP contribution in [0.3, 0.4) is 0 Å². The predicted molar refractivity (Wildman–Crippen MR) is 54.1 cm³/mol. The third-order valence-corrected chi connectivity index (χ3v) is 2.24. The largest absolute Gasteiger partial charge is 0.399 e. The van der Waals surface area contributed by atoms with Crippen LogP contribution in [0.2, 0.25) is 0 Å². The second kappa shape index (κ2) is 3.94. The molecule has 3 nitrogen and oxygen atoms in total. The molecule has 0 saturated carbocycles. The summed E-state index contributed by atoms with van der Waals surface area (Å²) in [6, 6.07) is 4.39. The van der Waals surface area contributed by atoms with Crippen LogP contribution >= 0.6 is 0 Å². The van der Waals surface area contributed by atoms with Gasteiger partial charge in [-0.1, -0.05) is 6.07 Å². The Labute approximate surface area is 82.5 Å². The second-order valence-electron chi connectivity index (χ2n) is 3.63. The van der Waals surface area contributed by atoms with Crippen LogP contribution in [0.25, 0.3) is 0 Å². The molecule has 1 aromatic carbocycles. The van der Waals surface area contributed by atoms with E-state index < -0.39 is 11.4 Å². The van der Waals surface area contributed by atoms with Crippen molar-refractivity contribution in [3.63, 3.8) is 0 Å². The highest BCUT2D eigenvalue weighted by Crippen LogP contribution is 2.25. The Bertz CT molecular complexity index is 326. The lowest BCUT2D eigenvalue weighted by Gasteiger charge is -2.24. The van der Waals surface area contributed by atoms with Crippen LogP contribution in [0.15, 0.2) is 18.2 Å². The maximum atomic E-state index is 13.4. The molecule has 78 valence electrons. The van der Waals surface area contributed by atoms with E-state index in [1.165, 1.54) is 6.07 Å². The molecule has 0 unspecified atom stereocenters. The normalized spacial score (nSPS) is 15.1. The maximum absolute atomic E-state index is 13.4. The van der Waals surface area contributed by atoms with Gasteiger partial charge in [0.25, 0.3) is 0 Å². The number of rotatable bonds is 3. The van der Waals surface area contributed by atoms with Crippen molar-refractivity contribution in [2.75, 3.05) is 12.3 Å². The number of hydrogen-bond donors (Lipinski definition) is 3. The first-order valence-electron chi connectivity index (χ1n) is 4.42. The summed E-state index contributed by atoms with van der Waals surface area (Å²) in [5.41, 5.74) is 11.2. The average molecular weight is 198 g/mol. The highest BCUT2D eigenvalue weighted by Gasteiger charge is 2.23. The maximum Gasteiger partial charge on any atom is 0.130 e. The fourth-order valence-corrected chi connectivity index (χ4v) is 1.36. The smallest absolute Gasteiger partial charge is 0.130 e. The second-order valence-corrected chi connectivity index (χ2v) is 3.63. The van der Waals surface area contributed by atoms with Crippen molar-refractivity contribution in [1.29, 1.82) is 0 Å². The van der Waals surface area contributed by atoms with Gasteiger partial charge in [-0.3, -0.25) is 0 Å². The highest BCUT2D eigenvalue weighted by atomic mass is 19.1. The van der Waals surface area contributed by atoms with Crippen LogP contribution in [0, 0.1) is 5.82 Å². The Morgan fingerprint density at radius 1 is 1.50 bits per heavy atom. The minimum atomic E-state index is -0.855. The number of nitrogens with two attached hydrogens (primary N) is 2. The molecule has 0 aliphatic carbocycles. The Morgan fingerprint density at radius 2 is 2.14 bits per heavy atom. The van der Waals surface area contributed by atoms with E-state index in [0.29, 0.717) is 17.7 Å². The number of aliphatic hydroxyl groups is 1. The molecular weight excluding hydrogens is 183 g/mol. The lowest BCUT2D eigenvalue weighted by atomic mass is 9.89. The molecule has 4 heteroatoms. The average Bonchev–Trinajstić information content (AvgIpc) is 2.02. The number of halogens is 1. The van der Waals surface area contributed by atoms with Crippen molar-refractivity contribution in [3.05, 3.63) is 29.6 Å². The van der Waals surface area contributed by atoms with Gasteiger partial charge in [-0.15, -0.1) is 0 Å². The predicted octanol–water partition coefficient (Wildman–Crippen LogP) is 0.964. The van der Waals surface area contributed by atoms with Crippen LogP contribution < -0.4 is 11.5 Å². The van der Waals surface area contributed by atoms with Crippen molar-refractivity contribution < 1.29 is 9.50 Å². The lowest BCUT2D eigenvalue weighted by molar-refractivity contribution is 0.245. The summed E-state index contributed by atoms with van der Waals surface area (Å²) in [7, 11) is 0. The van der Waals surface area contributed by atoms with E-state index in [-0.39, 0.29) is 6.61 Å². The van der Waals surface area contributed by atoms with Gasteiger partial charge in [0, 0.05) is 23.4 Å². The number of aliphatic hydroxyl groups excluding tert-OH is 1. The monoisotopic (exact) mass is 198 g/mol. The molecule has 0 bridgehead atoms. The number of anilines is 1. The van der Waals surface area contributed by atoms with E-state index in [9.17, 15) is 4.39 Å². The Balaban J connectivity index is 3.06. The van der Waals surface area contributed by atoms with Gasteiger partial charge in [0.1, 0.15) is 5.82 Å². The lowest BCUT2D eigenvalue weighted by Crippen LogP contribution is -2.35. The summed E-state index contributed by atoms with van der Waals surface area (Å²) in [5, 5.41) is 8.78. The first-order chi connectivity index (χ1) is 6.47. The molecule has 0 saturated heterocycles. The van der Waals surface area contributed by atoms with Gasteiger partial charge in [0.15, 0.2) is 0 Å². The molecule has 0 aromatic heterocycles. The molecule has 0 fully saturated rings. The van der Waals surface area contributed by atoms with E-state index in [0.717, 1.165) is 0 Å². The van der Waals surface area contributed by atoms with Crippen molar-refractivity contribution in [2.24, 2.45) is 5.73 Å². The summed E-state index contributed by atoms with van der Waals surface area (Å²) >= 11 is 0. The zero-order valence-electron chi connectivity index (χ0n) is 8.13. The van der Waals surface area contributed by atoms with Crippen molar-refractivity contribution in [3.8, 4) is 0 Å². The Hall–Kier alpha value is -1.13. The number of benzene rings is 1. The molecule has 14 heavy (non-hydrogen) atoms. The van der Waals surface area contributed by atoms with Crippen LogP contribution in [-0.4, -0.2) is 11.7 Å². The van der Waals surface area contributed by atoms with Crippen LogP contribution in [0.1, 0.15) is 18.9 Å². The summed E-state index contributed by atoms with van der Waals surface area (Å²) in [6.07, 6.45) is 0.313. The minimum absolute atomic E-state index is 0.0726. The SMILES string of the molecule is C[C@@](N)(CCO)c1ccc(N)cc1F. The quantitative estimate of drug-likeness (QED) is 0.633. The van der Waals surface area contributed by atoms with Gasteiger partial charge in [-0.25, -0.2) is 4.39 Å². The minimum Gasteiger partial charge on any atom is -0.399 e. The van der Waals surface area contributed by atoms with E-state index in [2.05, 4.69) is 0 Å². The van der Waals surface area contributed by atoms with Gasteiger partial charge in [0.05, 0.1) is 0 Å².